The SMILES string of the molecule is Cc1nc(C=O)n(C)c1I. The van der Waals surface area contributed by atoms with Crippen LogP contribution in [0.4, 0.5) is 0 Å². The van der Waals surface area contributed by atoms with Crippen molar-refractivity contribution in [2.75, 3.05) is 0 Å². The summed E-state index contributed by atoms with van der Waals surface area (Å²) in [5.74, 6) is 0.488. The molecule has 0 amide bonds. The Kier molecular flexibility index (Phi) is 2.08. The maximum Gasteiger partial charge on any atom is 0.185 e. The Morgan fingerprint density at radius 3 is 2.50 bits per heavy atom. The summed E-state index contributed by atoms with van der Waals surface area (Å²) in [5, 5.41) is 0. The monoisotopic (exact) mass is 250 g/mol. The van der Waals surface area contributed by atoms with Crippen molar-refractivity contribution >= 4 is 28.9 Å². The molecule has 0 saturated heterocycles. The van der Waals surface area contributed by atoms with Crippen LogP contribution in [0.25, 0.3) is 0 Å². The van der Waals surface area contributed by atoms with E-state index in [1.54, 1.807) is 4.57 Å². The van der Waals surface area contributed by atoms with E-state index in [1.807, 2.05) is 14.0 Å². The van der Waals surface area contributed by atoms with Crippen LogP contribution in [-0.4, -0.2) is 15.8 Å². The number of rotatable bonds is 1. The minimum atomic E-state index is 0.488. The molecule has 0 atom stereocenters. The second kappa shape index (κ2) is 2.69. The summed E-state index contributed by atoms with van der Waals surface area (Å²) >= 11 is 2.15. The second-order valence-electron chi connectivity index (χ2n) is 2.02. The summed E-state index contributed by atoms with van der Waals surface area (Å²) in [7, 11) is 1.82. The first-order chi connectivity index (χ1) is 4.66. The topological polar surface area (TPSA) is 34.9 Å². The molecule has 0 radical (unpaired) electrons. The summed E-state index contributed by atoms with van der Waals surface area (Å²) < 4.78 is 2.78. The number of imidazole rings is 1. The molecule has 3 nitrogen and oxygen atoms in total. The van der Waals surface area contributed by atoms with Crippen LogP contribution in [0.2, 0.25) is 0 Å². The van der Waals surface area contributed by atoms with Gasteiger partial charge in [0.1, 0.15) is 3.70 Å². The van der Waals surface area contributed by atoms with Gasteiger partial charge < -0.3 is 4.57 Å². The first kappa shape index (κ1) is 7.71. The zero-order chi connectivity index (χ0) is 7.72. The molecule has 0 aliphatic carbocycles. The molecule has 0 fully saturated rings. The lowest BCUT2D eigenvalue weighted by atomic mass is 10.6. The van der Waals surface area contributed by atoms with Gasteiger partial charge in [0.25, 0.3) is 0 Å². The maximum absolute atomic E-state index is 10.3. The van der Waals surface area contributed by atoms with E-state index in [9.17, 15) is 4.79 Å². The van der Waals surface area contributed by atoms with Gasteiger partial charge in [-0.2, -0.15) is 0 Å². The molecule has 0 aliphatic heterocycles. The highest BCUT2D eigenvalue weighted by Gasteiger charge is 2.05. The predicted molar refractivity (Wildman–Crippen MR) is 46.0 cm³/mol. The lowest BCUT2D eigenvalue weighted by Gasteiger charge is -1.92. The standard InChI is InChI=1S/C6H7IN2O/c1-4-6(7)9(2)5(3-10)8-4/h3H,1-2H3. The van der Waals surface area contributed by atoms with E-state index in [4.69, 9.17) is 0 Å². The predicted octanol–water partition coefficient (Wildman–Crippen LogP) is 1.15. The molecule has 0 N–H and O–H groups in total. The van der Waals surface area contributed by atoms with Crippen molar-refractivity contribution < 1.29 is 4.79 Å². The third kappa shape index (κ3) is 1.07. The van der Waals surface area contributed by atoms with Gasteiger partial charge in [0.2, 0.25) is 0 Å². The van der Waals surface area contributed by atoms with Gasteiger partial charge in [0, 0.05) is 7.05 Å². The van der Waals surface area contributed by atoms with Gasteiger partial charge in [0.15, 0.2) is 12.1 Å². The minimum absolute atomic E-state index is 0.488. The van der Waals surface area contributed by atoms with Crippen LogP contribution >= 0.6 is 22.6 Å². The number of aldehydes is 1. The number of nitrogens with zero attached hydrogens (tertiary/aromatic N) is 2. The van der Waals surface area contributed by atoms with Gasteiger partial charge in [-0.1, -0.05) is 0 Å². The van der Waals surface area contributed by atoms with Gasteiger partial charge >= 0.3 is 0 Å². The molecule has 0 spiro atoms. The van der Waals surface area contributed by atoms with E-state index in [0.717, 1.165) is 15.7 Å². The van der Waals surface area contributed by atoms with E-state index >= 15 is 0 Å². The van der Waals surface area contributed by atoms with Crippen molar-refractivity contribution in [3.05, 3.63) is 15.2 Å². The largest absolute Gasteiger partial charge is 0.320 e. The smallest absolute Gasteiger partial charge is 0.185 e. The molecule has 4 heteroatoms. The highest BCUT2D eigenvalue weighted by Crippen LogP contribution is 2.09. The number of halogens is 1. The zero-order valence-corrected chi connectivity index (χ0v) is 7.92. The fourth-order valence-electron chi connectivity index (χ4n) is 0.742. The van der Waals surface area contributed by atoms with E-state index in [2.05, 4.69) is 27.6 Å². The Bertz CT molecular complexity index is 267. The average Bonchev–Trinajstić information content (AvgIpc) is 2.17. The molecule has 0 aliphatic rings. The molecule has 1 aromatic rings. The van der Waals surface area contributed by atoms with E-state index in [1.165, 1.54) is 0 Å². The number of aromatic nitrogens is 2. The van der Waals surface area contributed by atoms with E-state index < -0.39 is 0 Å². The Balaban J connectivity index is 3.30. The first-order valence-corrected chi connectivity index (χ1v) is 3.88. The normalized spacial score (nSPS) is 9.90. The Morgan fingerprint density at radius 1 is 1.70 bits per heavy atom. The molecule has 1 aromatic heterocycles. The lowest BCUT2D eigenvalue weighted by molar-refractivity contribution is 0.111. The van der Waals surface area contributed by atoms with Crippen LogP contribution in [0.5, 0.6) is 0 Å². The highest BCUT2D eigenvalue weighted by atomic mass is 127. The molecule has 10 heavy (non-hydrogen) atoms. The molecular weight excluding hydrogens is 243 g/mol. The van der Waals surface area contributed by atoms with Crippen molar-refractivity contribution in [3.63, 3.8) is 0 Å². The Morgan fingerprint density at radius 2 is 2.30 bits per heavy atom. The summed E-state index contributed by atoms with van der Waals surface area (Å²) in [6, 6.07) is 0. The van der Waals surface area contributed by atoms with Crippen LogP contribution in [0, 0.1) is 10.6 Å². The molecule has 0 aromatic carbocycles. The van der Waals surface area contributed by atoms with Crippen molar-refractivity contribution in [1.82, 2.24) is 9.55 Å². The third-order valence-corrected chi connectivity index (χ3v) is 2.83. The number of carbonyl (C=O) groups excluding carboxylic acids is 1. The van der Waals surface area contributed by atoms with E-state index in [-0.39, 0.29) is 0 Å². The lowest BCUT2D eigenvalue weighted by Crippen LogP contribution is -1.96. The summed E-state index contributed by atoms with van der Waals surface area (Å²) in [6.07, 6.45) is 0.759. The van der Waals surface area contributed by atoms with Crippen LogP contribution in [-0.2, 0) is 7.05 Å². The van der Waals surface area contributed by atoms with Crippen LogP contribution in [0.15, 0.2) is 0 Å². The fourth-order valence-corrected chi connectivity index (χ4v) is 1.11. The number of aryl methyl sites for hydroxylation is 1. The van der Waals surface area contributed by atoms with Crippen molar-refractivity contribution in [2.24, 2.45) is 7.05 Å². The van der Waals surface area contributed by atoms with Crippen LogP contribution in [0.3, 0.4) is 0 Å². The van der Waals surface area contributed by atoms with Crippen LogP contribution in [0.1, 0.15) is 16.3 Å². The van der Waals surface area contributed by atoms with Gasteiger partial charge in [0.05, 0.1) is 5.69 Å². The Hall–Kier alpha value is -0.390. The third-order valence-electron chi connectivity index (χ3n) is 1.32. The molecule has 1 heterocycles. The second-order valence-corrected chi connectivity index (χ2v) is 3.04. The average molecular weight is 250 g/mol. The van der Waals surface area contributed by atoms with Crippen molar-refractivity contribution in [3.8, 4) is 0 Å². The summed E-state index contributed by atoms with van der Waals surface area (Å²) in [4.78, 5) is 14.3. The number of hydrogen-bond acceptors (Lipinski definition) is 2. The first-order valence-electron chi connectivity index (χ1n) is 2.81. The highest BCUT2D eigenvalue weighted by molar-refractivity contribution is 14.1. The van der Waals surface area contributed by atoms with Gasteiger partial charge in [-0.3, -0.25) is 4.79 Å². The molecule has 0 saturated carbocycles. The van der Waals surface area contributed by atoms with Gasteiger partial charge in [-0.25, -0.2) is 4.98 Å². The fraction of sp³-hybridized carbons (Fsp3) is 0.333. The van der Waals surface area contributed by atoms with Gasteiger partial charge in [-0.05, 0) is 29.5 Å². The molecule has 54 valence electrons. The summed E-state index contributed by atoms with van der Waals surface area (Å²) in [6.45, 7) is 1.88. The zero-order valence-electron chi connectivity index (χ0n) is 5.76. The molecular formula is C6H7IN2O. The number of carbonyl (C=O) groups is 1. The Labute approximate surface area is 72.6 Å². The van der Waals surface area contributed by atoms with Crippen LogP contribution < -0.4 is 0 Å². The molecule has 0 unspecified atom stereocenters. The molecule has 1 rings (SSSR count). The summed E-state index contributed by atoms with van der Waals surface area (Å²) in [5.41, 5.74) is 0.908. The van der Waals surface area contributed by atoms with Crippen molar-refractivity contribution in [2.45, 2.75) is 6.92 Å². The molecule has 0 bridgehead atoms. The maximum atomic E-state index is 10.3. The van der Waals surface area contributed by atoms with E-state index in [0.29, 0.717) is 5.82 Å². The van der Waals surface area contributed by atoms with Gasteiger partial charge in [-0.15, -0.1) is 0 Å². The van der Waals surface area contributed by atoms with Crippen molar-refractivity contribution in [1.29, 1.82) is 0 Å². The quantitative estimate of drug-likeness (QED) is 0.553. The minimum Gasteiger partial charge on any atom is -0.320 e. The number of hydrogen-bond donors (Lipinski definition) is 0.